The lowest BCUT2D eigenvalue weighted by atomic mass is 10.0. The van der Waals surface area contributed by atoms with Gasteiger partial charge < -0.3 is 10.3 Å². The third kappa shape index (κ3) is 4.08. The van der Waals surface area contributed by atoms with E-state index in [1.165, 1.54) is 34.3 Å². The van der Waals surface area contributed by atoms with E-state index in [-0.39, 0.29) is 22.8 Å². The molecule has 1 amide bonds. The van der Waals surface area contributed by atoms with Gasteiger partial charge in [0.15, 0.2) is 5.69 Å². The molecule has 192 valence electrons. The fourth-order valence-corrected chi connectivity index (χ4v) is 6.03. The van der Waals surface area contributed by atoms with Crippen LogP contribution >= 0.6 is 0 Å². The van der Waals surface area contributed by atoms with Crippen LogP contribution in [0.3, 0.4) is 0 Å². The molecule has 2 unspecified atom stereocenters. The molecule has 6 rings (SSSR count). The highest BCUT2D eigenvalue weighted by Gasteiger charge is 2.58. The molecule has 0 saturated heterocycles. The topological polar surface area (TPSA) is 75.6 Å². The van der Waals surface area contributed by atoms with Gasteiger partial charge >= 0.3 is 0 Å². The van der Waals surface area contributed by atoms with Crippen LogP contribution in [0.2, 0.25) is 0 Å². The summed E-state index contributed by atoms with van der Waals surface area (Å²) in [6, 6.07) is 24.0. The van der Waals surface area contributed by atoms with E-state index in [0.29, 0.717) is 29.8 Å². The molecule has 1 saturated carbocycles. The van der Waals surface area contributed by atoms with Crippen molar-refractivity contribution < 1.29 is 9.18 Å². The molecular formula is C31H30FN5O. The zero-order chi connectivity index (χ0) is 26.4. The first-order valence-corrected chi connectivity index (χ1v) is 13.0. The van der Waals surface area contributed by atoms with Crippen LogP contribution in [-0.2, 0) is 0 Å². The van der Waals surface area contributed by atoms with Gasteiger partial charge in [-0.25, -0.2) is 9.07 Å². The van der Waals surface area contributed by atoms with Crippen LogP contribution in [0.15, 0.2) is 78.9 Å². The Balaban J connectivity index is 1.21. The number of hydrogen-bond acceptors (Lipinski definition) is 3. The molecule has 6 nitrogen and oxygen atoms in total. The Bertz CT molecular complexity index is 1620. The Kier molecular flexibility index (Phi) is 5.86. The molecule has 2 N–H and O–H groups in total. The summed E-state index contributed by atoms with van der Waals surface area (Å²) in [4.78, 5) is 16.9. The van der Waals surface area contributed by atoms with Crippen molar-refractivity contribution in [1.29, 1.82) is 0 Å². The van der Waals surface area contributed by atoms with Crippen LogP contribution < -0.4 is 5.32 Å². The van der Waals surface area contributed by atoms with Crippen molar-refractivity contribution in [2.45, 2.75) is 33.1 Å². The van der Waals surface area contributed by atoms with E-state index in [1.54, 1.807) is 16.8 Å². The van der Waals surface area contributed by atoms with Crippen LogP contribution in [0, 0.1) is 24.1 Å². The summed E-state index contributed by atoms with van der Waals surface area (Å²) in [5.41, 5.74) is 6.22. The maximum absolute atomic E-state index is 13.5. The lowest BCUT2D eigenvalue weighted by Crippen LogP contribution is -2.26. The van der Waals surface area contributed by atoms with Gasteiger partial charge in [0, 0.05) is 28.7 Å². The zero-order valence-electron chi connectivity index (χ0n) is 21.7. The van der Waals surface area contributed by atoms with Crippen LogP contribution in [0.5, 0.6) is 0 Å². The zero-order valence-corrected chi connectivity index (χ0v) is 21.7. The van der Waals surface area contributed by atoms with Crippen molar-refractivity contribution in [1.82, 2.24) is 25.3 Å². The number of hydrogen-bond donors (Lipinski definition) is 2. The summed E-state index contributed by atoms with van der Waals surface area (Å²) in [6.07, 6.45) is 0.870. The van der Waals surface area contributed by atoms with Crippen molar-refractivity contribution in [2.75, 3.05) is 6.54 Å². The first-order chi connectivity index (χ1) is 18.4. The molecule has 2 heterocycles. The van der Waals surface area contributed by atoms with Crippen molar-refractivity contribution in [3.05, 3.63) is 102 Å². The van der Waals surface area contributed by atoms with Gasteiger partial charge in [-0.1, -0.05) is 67.6 Å². The molecule has 1 fully saturated rings. The molecule has 0 aliphatic heterocycles. The van der Waals surface area contributed by atoms with E-state index < -0.39 is 0 Å². The fraction of sp³-hybridized carbons (Fsp3) is 0.258. The smallest absolute Gasteiger partial charge is 0.274 e. The maximum Gasteiger partial charge on any atom is 0.274 e. The van der Waals surface area contributed by atoms with E-state index in [0.717, 1.165) is 12.0 Å². The molecule has 0 radical (unpaired) electrons. The van der Waals surface area contributed by atoms with E-state index >= 15 is 0 Å². The maximum atomic E-state index is 13.5. The number of benzene rings is 3. The predicted molar refractivity (Wildman–Crippen MR) is 147 cm³/mol. The van der Waals surface area contributed by atoms with Gasteiger partial charge in [-0.05, 0) is 66.5 Å². The van der Waals surface area contributed by atoms with E-state index in [1.807, 2.05) is 30.3 Å². The van der Waals surface area contributed by atoms with Gasteiger partial charge in [-0.15, -0.1) is 5.10 Å². The summed E-state index contributed by atoms with van der Waals surface area (Å²) >= 11 is 0. The second kappa shape index (κ2) is 9.24. The van der Waals surface area contributed by atoms with E-state index in [2.05, 4.69) is 65.6 Å². The average Bonchev–Trinajstić information content (AvgIpc) is 3.23. The Morgan fingerprint density at radius 1 is 1.03 bits per heavy atom. The number of amides is 1. The molecule has 2 aromatic heterocycles. The van der Waals surface area contributed by atoms with Gasteiger partial charge in [0.25, 0.3) is 5.91 Å². The third-order valence-corrected chi connectivity index (χ3v) is 8.05. The lowest BCUT2D eigenvalue weighted by Gasteiger charge is -2.09. The Labute approximate surface area is 220 Å². The van der Waals surface area contributed by atoms with Crippen LogP contribution in [0.1, 0.15) is 47.9 Å². The van der Waals surface area contributed by atoms with Crippen LogP contribution in [0.25, 0.3) is 27.8 Å². The number of aromatic nitrogens is 4. The molecule has 1 aliphatic rings. The number of fused-ring (bicyclic) bond motifs is 1. The first-order valence-electron chi connectivity index (χ1n) is 13.0. The molecule has 5 aromatic rings. The number of carbonyl (C=O) groups excluding carboxylic acids is 1. The minimum Gasteiger partial charge on any atom is -0.358 e. The summed E-state index contributed by atoms with van der Waals surface area (Å²) in [6.45, 7) is 7.32. The number of nitrogens with zero attached hydrogens (tertiary/aromatic N) is 3. The number of aromatic amines is 1. The van der Waals surface area contributed by atoms with Gasteiger partial charge in [0.05, 0.1) is 5.69 Å². The minimum atomic E-state index is -0.336. The van der Waals surface area contributed by atoms with Gasteiger partial charge in [-0.3, -0.25) is 4.79 Å². The van der Waals surface area contributed by atoms with Crippen molar-refractivity contribution in [3.8, 4) is 16.9 Å². The van der Waals surface area contributed by atoms with Crippen molar-refractivity contribution in [3.63, 3.8) is 0 Å². The van der Waals surface area contributed by atoms with E-state index in [9.17, 15) is 9.18 Å². The quantitative estimate of drug-likeness (QED) is 0.267. The Morgan fingerprint density at radius 3 is 2.50 bits per heavy atom. The number of rotatable bonds is 7. The second-order valence-electron chi connectivity index (χ2n) is 10.7. The number of nitrogens with one attached hydrogen (secondary N) is 2. The number of halogens is 1. The van der Waals surface area contributed by atoms with Gasteiger partial charge in [-0.2, -0.15) is 0 Å². The molecular weight excluding hydrogens is 477 g/mol. The highest BCUT2D eigenvalue weighted by atomic mass is 19.1. The molecule has 38 heavy (non-hydrogen) atoms. The minimum absolute atomic E-state index is 0.154. The number of aryl methyl sites for hydroxylation is 1. The number of para-hydroxylation sites is 1. The summed E-state index contributed by atoms with van der Waals surface area (Å²) < 4.78 is 15.1. The Morgan fingerprint density at radius 2 is 1.74 bits per heavy atom. The normalized spacial score (nSPS) is 18.0. The van der Waals surface area contributed by atoms with Crippen LogP contribution in [-0.4, -0.2) is 32.4 Å². The highest BCUT2D eigenvalue weighted by molar-refractivity contribution is 5.98. The Hall–Kier alpha value is -4.26. The number of carbonyl (C=O) groups is 1. The third-order valence-electron chi connectivity index (χ3n) is 8.05. The SMILES string of the molecule is Cc1[nH]c2ccccc2c1C1C(CCNC(=O)c2nnn(-c3ccc(F)cc3)c2-c2ccccc2)C1(C)C. The number of H-pyrrole nitrogens is 1. The predicted octanol–water partition coefficient (Wildman–Crippen LogP) is 6.42. The summed E-state index contributed by atoms with van der Waals surface area (Å²) in [5.74, 6) is 0.298. The van der Waals surface area contributed by atoms with Gasteiger partial charge in [0.1, 0.15) is 11.5 Å². The lowest BCUT2D eigenvalue weighted by molar-refractivity contribution is 0.0947. The largest absolute Gasteiger partial charge is 0.358 e. The second-order valence-corrected chi connectivity index (χ2v) is 10.7. The first kappa shape index (κ1) is 24.1. The standard InChI is InChI=1S/C31H30FN5O/c1-19-26(23-11-7-8-12-25(23)34-19)27-24(31(27,2)3)17-18-33-30(38)28-29(20-9-5-4-6-10-20)37(36-35-28)22-15-13-21(32)14-16-22/h4-16,24,27,34H,17-18H2,1-3H3,(H,33,38). The highest BCUT2D eigenvalue weighted by Crippen LogP contribution is 2.67. The fourth-order valence-electron chi connectivity index (χ4n) is 6.03. The summed E-state index contributed by atoms with van der Waals surface area (Å²) in [7, 11) is 0. The molecule has 2 atom stereocenters. The summed E-state index contributed by atoms with van der Waals surface area (Å²) in [5, 5.41) is 12.9. The van der Waals surface area contributed by atoms with E-state index in [4.69, 9.17) is 0 Å². The van der Waals surface area contributed by atoms with Crippen LogP contribution in [0.4, 0.5) is 4.39 Å². The van der Waals surface area contributed by atoms with Gasteiger partial charge in [0.2, 0.25) is 0 Å². The average molecular weight is 508 g/mol. The van der Waals surface area contributed by atoms with Crippen molar-refractivity contribution >= 4 is 16.8 Å². The molecule has 3 aromatic carbocycles. The molecule has 1 aliphatic carbocycles. The molecule has 0 bridgehead atoms. The monoisotopic (exact) mass is 507 g/mol. The van der Waals surface area contributed by atoms with Crippen molar-refractivity contribution in [2.24, 2.45) is 11.3 Å². The molecule has 0 spiro atoms. The molecule has 7 heteroatoms.